The van der Waals surface area contributed by atoms with E-state index in [9.17, 15) is 4.79 Å². The Morgan fingerprint density at radius 3 is 2.56 bits per heavy atom. The van der Waals surface area contributed by atoms with Gasteiger partial charge in [-0.05, 0) is 61.0 Å². The van der Waals surface area contributed by atoms with Crippen LogP contribution in [0.3, 0.4) is 0 Å². The summed E-state index contributed by atoms with van der Waals surface area (Å²) in [5.41, 5.74) is 4.88. The summed E-state index contributed by atoms with van der Waals surface area (Å²) in [4.78, 5) is 17.3. The van der Waals surface area contributed by atoms with Crippen molar-refractivity contribution in [2.24, 2.45) is 5.16 Å². The number of methoxy groups -OCH3 is 1. The van der Waals surface area contributed by atoms with Crippen LogP contribution in [0.25, 0.3) is 33.6 Å². The third-order valence-corrected chi connectivity index (χ3v) is 6.93. The maximum Gasteiger partial charge on any atom is 0.277 e. The fourth-order valence-corrected chi connectivity index (χ4v) is 4.52. The summed E-state index contributed by atoms with van der Waals surface area (Å²) in [5, 5.41) is 24.9. The number of anilines is 1. The molecule has 5 rings (SSSR count). The van der Waals surface area contributed by atoms with Gasteiger partial charge in [-0.15, -0.1) is 10.2 Å². The van der Waals surface area contributed by atoms with Gasteiger partial charge in [0.25, 0.3) is 5.22 Å². The van der Waals surface area contributed by atoms with Crippen LogP contribution in [-0.2, 0) is 4.79 Å². The predicted molar refractivity (Wildman–Crippen MR) is 152 cm³/mol. The maximum absolute atomic E-state index is 12.5. The highest BCUT2D eigenvalue weighted by atomic mass is 35.5. The van der Waals surface area contributed by atoms with E-state index in [4.69, 9.17) is 30.9 Å². The Balaban J connectivity index is 1.36. The number of pyridine rings is 1. The molecule has 0 aliphatic heterocycles. The molecular formula is C28H22ClN5O4S. The first-order valence-corrected chi connectivity index (χ1v) is 13.1. The van der Waals surface area contributed by atoms with Crippen molar-refractivity contribution < 1.29 is 19.2 Å². The van der Waals surface area contributed by atoms with Gasteiger partial charge in [0, 0.05) is 21.7 Å². The fraction of sp³-hybridized carbons (Fsp3) is 0.107. The molecule has 0 aliphatic carbocycles. The zero-order chi connectivity index (χ0) is 27.4. The Labute approximate surface area is 232 Å². The number of carbonyl (C=O) groups excluding carboxylic acids is 1. The molecule has 0 radical (unpaired) electrons. The largest absolute Gasteiger partial charge is 0.497 e. The number of oxime groups is 1. The first kappa shape index (κ1) is 26.2. The van der Waals surface area contributed by atoms with E-state index < -0.39 is 0 Å². The summed E-state index contributed by atoms with van der Waals surface area (Å²) in [6, 6.07) is 21.9. The molecule has 2 aromatic heterocycles. The quantitative estimate of drug-likeness (QED) is 0.0950. The van der Waals surface area contributed by atoms with E-state index in [-0.39, 0.29) is 16.9 Å². The Bertz CT molecular complexity index is 1670. The summed E-state index contributed by atoms with van der Waals surface area (Å²) in [5.74, 6) is 0.804. The Hall–Kier alpha value is -4.41. The number of benzene rings is 3. The molecule has 0 aliphatic rings. The van der Waals surface area contributed by atoms with Crippen LogP contribution >= 0.6 is 23.4 Å². The minimum Gasteiger partial charge on any atom is -0.497 e. The molecule has 196 valence electrons. The van der Waals surface area contributed by atoms with Crippen molar-refractivity contribution in [2.75, 3.05) is 18.2 Å². The number of nitrogens with zero attached hydrogens (tertiary/aromatic N) is 4. The lowest BCUT2D eigenvalue weighted by Gasteiger charge is -2.09. The summed E-state index contributed by atoms with van der Waals surface area (Å²) in [6.07, 6.45) is 0. The highest BCUT2D eigenvalue weighted by molar-refractivity contribution is 7.99. The molecule has 9 nitrogen and oxygen atoms in total. The number of hydrogen-bond donors (Lipinski definition) is 2. The molecule has 5 aromatic rings. The van der Waals surface area contributed by atoms with Crippen LogP contribution in [0.1, 0.15) is 12.5 Å². The van der Waals surface area contributed by atoms with Crippen molar-refractivity contribution >= 4 is 51.6 Å². The lowest BCUT2D eigenvalue weighted by molar-refractivity contribution is -0.113. The number of fused-ring (bicyclic) bond motifs is 1. The second kappa shape index (κ2) is 11.5. The van der Waals surface area contributed by atoms with Crippen LogP contribution in [-0.4, -0.2) is 44.9 Å². The first-order chi connectivity index (χ1) is 18.9. The molecule has 11 heteroatoms. The molecule has 3 aromatic carbocycles. The van der Waals surface area contributed by atoms with Gasteiger partial charge in [0.05, 0.1) is 35.3 Å². The third-order valence-electron chi connectivity index (χ3n) is 5.86. The summed E-state index contributed by atoms with van der Waals surface area (Å²) >= 11 is 7.20. The monoisotopic (exact) mass is 559 g/mol. The van der Waals surface area contributed by atoms with Crippen LogP contribution in [0, 0.1) is 0 Å². The molecule has 2 heterocycles. The molecule has 0 saturated heterocycles. The van der Waals surface area contributed by atoms with Gasteiger partial charge in [-0.1, -0.05) is 52.8 Å². The van der Waals surface area contributed by atoms with Crippen molar-refractivity contribution in [1.29, 1.82) is 0 Å². The van der Waals surface area contributed by atoms with Gasteiger partial charge in [-0.3, -0.25) is 4.79 Å². The van der Waals surface area contributed by atoms with Crippen molar-refractivity contribution in [1.82, 2.24) is 15.2 Å². The molecule has 0 unspecified atom stereocenters. The van der Waals surface area contributed by atoms with Crippen molar-refractivity contribution in [3.05, 3.63) is 83.4 Å². The molecule has 39 heavy (non-hydrogen) atoms. The smallest absolute Gasteiger partial charge is 0.277 e. The van der Waals surface area contributed by atoms with Crippen molar-refractivity contribution in [3.8, 4) is 28.5 Å². The molecule has 0 bridgehead atoms. The topological polar surface area (TPSA) is 123 Å². The number of aromatic nitrogens is 3. The zero-order valence-corrected chi connectivity index (χ0v) is 22.5. The van der Waals surface area contributed by atoms with Gasteiger partial charge in [-0.2, -0.15) is 0 Å². The van der Waals surface area contributed by atoms with Crippen LogP contribution < -0.4 is 10.1 Å². The summed E-state index contributed by atoms with van der Waals surface area (Å²) < 4.78 is 11.4. The molecule has 0 saturated carbocycles. The van der Waals surface area contributed by atoms with Crippen LogP contribution in [0.4, 0.5) is 5.69 Å². The van der Waals surface area contributed by atoms with E-state index in [0.717, 1.165) is 39.5 Å². The number of ether oxygens (including phenoxy) is 1. The van der Waals surface area contributed by atoms with Gasteiger partial charge in [0.15, 0.2) is 0 Å². The number of halogens is 1. The lowest BCUT2D eigenvalue weighted by atomic mass is 10.0. The van der Waals surface area contributed by atoms with Gasteiger partial charge >= 0.3 is 0 Å². The van der Waals surface area contributed by atoms with Gasteiger partial charge in [-0.25, -0.2) is 4.98 Å². The molecule has 2 N–H and O–H groups in total. The first-order valence-electron chi connectivity index (χ1n) is 11.7. The van der Waals surface area contributed by atoms with Crippen LogP contribution in [0.5, 0.6) is 5.75 Å². The third kappa shape index (κ3) is 6.02. The van der Waals surface area contributed by atoms with Gasteiger partial charge < -0.3 is 19.7 Å². The minimum absolute atomic E-state index is 0.0709. The number of hydrogen-bond acceptors (Lipinski definition) is 9. The van der Waals surface area contributed by atoms with E-state index in [0.29, 0.717) is 33.6 Å². The summed E-state index contributed by atoms with van der Waals surface area (Å²) in [7, 11) is 1.60. The minimum atomic E-state index is -0.232. The lowest BCUT2D eigenvalue weighted by Crippen LogP contribution is -2.14. The SMILES string of the molecule is COc1ccc2nc(-c3ccc(Cl)cc3)cc(-c3nnc(SCC(=O)Nc4ccc(/C(C)=N\O)cc4)o3)c2c1. The maximum atomic E-state index is 12.5. The number of carbonyl (C=O) groups is 1. The van der Waals surface area contributed by atoms with Crippen LogP contribution in [0.15, 0.2) is 87.6 Å². The average molecular weight is 560 g/mol. The predicted octanol–water partition coefficient (Wildman–Crippen LogP) is 6.54. The van der Waals surface area contributed by atoms with Crippen LogP contribution in [0.2, 0.25) is 5.02 Å². The van der Waals surface area contributed by atoms with E-state index in [1.807, 2.05) is 48.5 Å². The molecule has 1 amide bonds. The van der Waals surface area contributed by atoms with E-state index in [1.54, 1.807) is 38.3 Å². The highest BCUT2D eigenvalue weighted by Crippen LogP contribution is 2.34. The fourth-order valence-electron chi connectivity index (χ4n) is 3.83. The number of nitrogens with one attached hydrogen (secondary N) is 1. The second-order valence-electron chi connectivity index (χ2n) is 8.42. The molecule has 0 spiro atoms. The highest BCUT2D eigenvalue weighted by Gasteiger charge is 2.17. The second-order valence-corrected chi connectivity index (χ2v) is 9.78. The zero-order valence-electron chi connectivity index (χ0n) is 20.9. The standard InChI is InChI=1S/C28H22ClN5O4S/c1-16(34-36)17-5-9-20(10-6-17)30-26(35)15-39-28-33-32-27(38-28)23-14-25(18-3-7-19(29)8-4-18)31-24-12-11-21(37-2)13-22(23)24/h3-14,36H,15H2,1-2H3,(H,30,35)/b34-16-. The van der Waals surface area contributed by atoms with Crippen molar-refractivity contribution in [2.45, 2.75) is 12.1 Å². The van der Waals surface area contributed by atoms with Gasteiger partial charge in [0.2, 0.25) is 11.8 Å². The number of amides is 1. The van der Waals surface area contributed by atoms with E-state index in [1.165, 1.54) is 0 Å². The number of rotatable bonds is 8. The average Bonchev–Trinajstić information content (AvgIpc) is 3.44. The van der Waals surface area contributed by atoms with E-state index >= 15 is 0 Å². The molecular weight excluding hydrogens is 538 g/mol. The molecule has 0 atom stereocenters. The Morgan fingerprint density at radius 1 is 1.08 bits per heavy atom. The summed E-state index contributed by atoms with van der Waals surface area (Å²) in [6.45, 7) is 1.69. The molecule has 0 fully saturated rings. The normalized spacial score (nSPS) is 11.5. The number of thioether (sulfide) groups is 1. The Kier molecular flexibility index (Phi) is 7.76. The Morgan fingerprint density at radius 2 is 1.85 bits per heavy atom. The van der Waals surface area contributed by atoms with Gasteiger partial charge in [0.1, 0.15) is 5.75 Å². The van der Waals surface area contributed by atoms with Crippen molar-refractivity contribution in [3.63, 3.8) is 0 Å². The van der Waals surface area contributed by atoms with E-state index in [2.05, 4.69) is 20.7 Å².